The molecule has 1 N–H and O–H groups in total. The molecule has 0 radical (unpaired) electrons. The Kier molecular flexibility index (Phi) is 5.41. The van der Waals surface area contributed by atoms with Crippen molar-refractivity contribution in [1.29, 1.82) is 0 Å². The van der Waals surface area contributed by atoms with Gasteiger partial charge >= 0.3 is 0 Å². The van der Waals surface area contributed by atoms with E-state index in [1.165, 1.54) is 37.5 Å². The van der Waals surface area contributed by atoms with E-state index >= 15 is 0 Å². The summed E-state index contributed by atoms with van der Waals surface area (Å²) in [4.78, 5) is 4.95. The molecule has 3 aromatic carbocycles. The Morgan fingerprint density at radius 2 is 1.70 bits per heavy atom. The van der Waals surface area contributed by atoms with Gasteiger partial charge in [0.05, 0.1) is 17.6 Å². The molecule has 5 rings (SSSR count). The number of nitrogens with zero attached hydrogens (tertiary/aromatic N) is 2. The van der Waals surface area contributed by atoms with Gasteiger partial charge in [-0.3, -0.25) is 0 Å². The fourth-order valence-electron chi connectivity index (χ4n) is 4.67. The second-order valence-corrected chi connectivity index (χ2v) is 8.38. The fourth-order valence-corrected chi connectivity index (χ4v) is 4.67. The summed E-state index contributed by atoms with van der Waals surface area (Å²) in [6.07, 6.45) is 5.62. The number of hydrogen-bond acceptors (Lipinski definition) is 3. The van der Waals surface area contributed by atoms with Gasteiger partial charge in [0.25, 0.3) is 0 Å². The van der Waals surface area contributed by atoms with Crippen molar-refractivity contribution in [3.63, 3.8) is 0 Å². The number of imidazole rings is 1. The molecule has 0 spiro atoms. The van der Waals surface area contributed by atoms with Gasteiger partial charge in [-0.05, 0) is 47.9 Å². The Balaban J connectivity index is 1.33. The monoisotopic (exact) mass is 400 g/mol. The molecular formula is C26H28N2O2. The van der Waals surface area contributed by atoms with Crippen molar-refractivity contribution in [2.45, 2.75) is 50.7 Å². The van der Waals surface area contributed by atoms with Crippen LogP contribution in [0, 0.1) is 0 Å². The van der Waals surface area contributed by atoms with E-state index < -0.39 is 6.10 Å². The number of hydrogen-bond donors (Lipinski definition) is 1. The molecule has 154 valence electrons. The normalized spacial score (nSPS) is 16.2. The highest BCUT2D eigenvalue weighted by Gasteiger charge is 2.23. The molecule has 4 heteroatoms. The molecule has 1 atom stereocenters. The number of benzene rings is 3. The number of aliphatic hydroxyl groups excluding tert-OH is 1. The molecule has 4 aromatic rings. The Morgan fingerprint density at radius 1 is 0.933 bits per heavy atom. The van der Waals surface area contributed by atoms with E-state index in [4.69, 9.17) is 9.72 Å². The van der Waals surface area contributed by atoms with Crippen LogP contribution in [0.25, 0.3) is 21.8 Å². The first-order valence-corrected chi connectivity index (χ1v) is 11.0. The Labute approximate surface area is 177 Å². The number of aromatic nitrogens is 2. The van der Waals surface area contributed by atoms with Gasteiger partial charge in [0, 0.05) is 5.92 Å². The van der Waals surface area contributed by atoms with Gasteiger partial charge in [0.15, 0.2) is 0 Å². The van der Waals surface area contributed by atoms with E-state index in [1.54, 1.807) is 0 Å². The van der Waals surface area contributed by atoms with Gasteiger partial charge in [-0.15, -0.1) is 0 Å². The summed E-state index contributed by atoms with van der Waals surface area (Å²) in [5.41, 5.74) is 2.11. The summed E-state index contributed by atoms with van der Waals surface area (Å²) in [7, 11) is 0. The quantitative estimate of drug-likeness (QED) is 0.453. The zero-order valence-electron chi connectivity index (χ0n) is 17.2. The van der Waals surface area contributed by atoms with Crippen LogP contribution in [0.3, 0.4) is 0 Å². The van der Waals surface area contributed by atoms with Crippen molar-refractivity contribution in [3.05, 3.63) is 72.6 Å². The van der Waals surface area contributed by atoms with Gasteiger partial charge in [-0.2, -0.15) is 0 Å². The van der Waals surface area contributed by atoms with E-state index in [-0.39, 0.29) is 6.61 Å². The summed E-state index contributed by atoms with van der Waals surface area (Å²) >= 11 is 0. The number of aliphatic hydroxyl groups is 1. The van der Waals surface area contributed by atoms with E-state index in [0.717, 1.165) is 28.0 Å². The van der Waals surface area contributed by atoms with Crippen LogP contribution in [0.5, 0.6) is 5.75 Å². The van der Waals surface area contributed by atoms with Crippen LogP contribution in [0.4, 0.5) is 0 Å². The van der Waals surface area contributed by atoms with Gasteiger partial charge in [0.2, 0.25) is 0 Å². The lowest BCUT2D eigenvalue weighted by Crippen LogP contribution is -2.25. The SMILES string of the molecule is OC(COc1ccc2ccccc2c1)Cn1c(C2CCCCC2)nc2ccccc21. The first kappa shape index (κ1) is 19.1. The zero-order valence-corrected chi connectivity index (χ0v) is 17.2. The average molecular weight is 401 g/mol. The molecule has 1 aliphatic rings. The zero-order chi connectivity index (χ0) is 20.3. The van der Waals surface area contributed by atoms with E-state index in [0.29, 0.717) is 12.5 Å². The predicted octanol–water partition coefficient (Wildman–Crippen LogP) is 5.68. The molecule has 1 aliphatic carbocycles. The minimum absolute atomic E-state index is 0.259. The van der Waals surface area contributed by atoms with Crippen molar-refractivity contribution < 1.29 is 9.84 Å². The summed E-state index contributed by atoms with van der Waals surface area (Å²) in [5.74, 6) is 2.40. The topological polar surface area (TPSA) is 47.3 Å². The van der Waals surface area contributed by atoms with Crippen molar-refractivity contribution in [2.75, 3.05) is 6.61 Å². The smallest absolute Gasteiger partial charge is 0.120 e. The third-order valence-corrected chi connectivity index (χ3v) is 6.21. The third kappa shape index (κ3) is 3.92. The molecule has 0 aliphatic heterocycles. The predicted molar refractivity (Wildman–Crippen MR) is 121 cm³/mol. The van der Waals surface area contributed by atoms with Crippen LogP contribution >= 0.6 is 0 Å². The Morgan fingerprint density at radius 3 is 2.57 bits per heavy atom. The maximum atomic E-state index is 10.8. The first-order valence-electron chi connectivity index (χ1n) is 11.0. The van der Waals surface area contributed by atoms with Gasteiger partial charge < -0.3 is 14.4 Å². The molecule has 1 unspecified atom stereocenters. The van der Waals surface area contributed by atoms with Crippen molar-refractivity contribution in [1.82, 2.24) is 9.55 Å². The second-order valence-electron chi connectivity index (χ2n) is 8.38. The lowest BCUT2D eigenvalue weighted by molar-refractivity contribution is 0.0923. The van der Waals surface area contributed by atoms with Crippen molar-refractivity contribution >= 4 is 21.8 Å². The molecule has 1 fully saturated rings. The molecule has 30 heavy (non-hydrogen) atoms. The average Bonchev–Trinajstić information content (AvgIpc) is 3.16. The highest BCUT2D eigenvalue weighted by Crippen LogP contribution is 2.34. The highest BCUT2D eigenvalue weighted by atomic mass is 16.5. The summed E-state index contributed by atoms with van der Waals surface area (Å²) in [6.45, 7) is 0.759. The van der Waals surface area contributed by atoms with Gasteiger partial charge in [0.1, 0.15) is 24.3 Å². The maximum Gasteiger partial charge on any atom is 0.120 e. The van der Waals surface area contributed by atoms with E-state index in [1.807, 2.05) is 36.4 Å². The number of fused-ring (bicyclic) bond motifs is 2. The molecular weight excluding hydrogens is 372 g/mol. The van der Waals surface area contributed by atoms with Crippen LogP contribution in [0.15, 0.2) is 66.7 Å². The third-order valence-electron chi connectivity index (χ3n) is 6.21. The van der Waals surface area contributed by atoms with Gasteiger partial charge in [-0.25, -0.2) is 4.98 Å². The van der Waals surface area contributed by atoms with Crippen LogP contribution in [-0.2, 0) is 6.54 Å². The largest absolute Gasteiger partial charge is 0.491 e. The highest BCUT2D eigenvalue weighted by molar-refractivity contribution is 5.83. The van der Waals surface area contributed by atoms with Crippen LogP contribution in [0.2, 0.25) is 0 Å². The molecule has 1 aromatic heterocycles. The first-order chi connectivity index (χ1) is 14.8. The molecule has 4 nitrogen and oxygen atoms in total. The second kappa shape index (κ2) is 8.49. The number of rotatable bonds is 6. The van der Waals surface area contributed by atoms with Crippen LogP contribution in [0.1, 0.15) is 43.8 Å². The number of para-hydroxylation sites is 2. The van der Waals surface area contributed by atoms with E-state index in [2.05, 4.69) is 34.9 Å². The molecule has 0 saturated heterocycles. The Hall–Kier alpha value is -2.85. The summed E-state index contributed by atoms with van der Waals surface area (Å²) in [6, 6.07) is 22.5. The van der Waals surface area contributed by atoms with Gasteiger partial charge in [-0.1, -0.05) is 61.7 Å². The molecule has 1 saturated carbocycles. The lowest BCUT2D eigenvalue weighted by Gasteiger charge is -2.23. The standard InChI is InChI=1S/C26H28N2O2/c29-22(18-30-23-15-14-19-8-4-5-11-21(19)16-23)17-28-25-13-7-6-12-24(25)27-26(28)20-9-2-1-3-10-20/h4-8,11-16,20,22,29H,1-3,9-10,17-18H2. The van der Waals surface area contributed by atoms with E-state index in [9.17, 15) is 5.11 Å². The molecule has 0 bridgehead atoms. The van der Waals surface area contributed by atoms with Crippen molar-refractivity contribution in [2.24, 2.45) is 0 Å². The summed E-state index contributed by atoms with van der Waals surface area (Å²) < 4.78 is 8.16. The number of ether oxygens (including phenoxy) is 1. The van der Waals surface area contributed by atoms with Crippen LogP contribution < -0.4 is 4.74 Å². The van der Waals surface area contributed by atoms with Crippen LogP contribution in [-0.4, -0.2) is 27.4 Å². The van der Waals surface area contributed by atoms with Crippen molar-refractivity contribution in [3.8, 4) is 5.75 Å². The Bertz CT molecular complexity index is 1140. The molecule has 1 heterocycles. The summed E-state index contributed by atoms with van der Waals surface area (Å²) in [5, 5.41) is 13.1. The lowest BCUT2D eigenvalue weighted by atomic mass is 9.88. The minimum Gasteiger partial charge on any atom is -0.491 e. The fraction of sp³-hybridized carbons (Fsp3) is 0.346. The molecule has 0 amide bonds. The maximum absolute atomic E-state index is 10.8. The minimum atomic E-state index is -0.601.